The zero-order chi connectivity index (χ0) is 12.0. The van der Waals surface area contributed by atoms with Crippen molar-refractivity contribution in [3.63, 3.8) is 0 Å². The molecule has 0 aliphatic rings. The number of aromatic nitrogens is 1. The molecule has 0 amide bonds. The molecular formula is C11H12BrNO3. The molecule has 0 fully saturated rings. The minimum Gasteiger partial charge on any atom is -0.481 e. The SMILES string of the molecule is CCOC(=O)/C=C/c1cc(Br)cnc1OC. The van der Waals surface area contributed by atoms with Gasteiger partial charge < -0.3 is 9.47 Å². The monoisotopic (exact) mass is 285 g/mol. The van der Waals surface area contributed by atoms with E-state index in [2.05, 4.69) is 20.9 Å². The summed E-state index contributed by atoms with van der Waals surface area (Å²) in [5.74, 6) is 0.0771. The largest absolute Gasteiger partial charge is 0.481 e. The van der Waals surface area contributed by atoms with E-state index in [9.17, 15) is 4.79 Å². The smallest absolute Gasteiger partial charge is 0.330 e. The van der Waals surface area contributed by atoms with Crippen LogP contribution in [0.3, 0.4) is 0 Å². The van der Waals surface area contributed by atoms with Gasteiger partial charge in [-0.3, -0.25) is 0 Å². The molecule has 1 aromatic rings. The van der Waals surface area contributed by atoms with Gasteiger partial charge in [-0.25, -0.2) is 9.78 Å². The van der Waals surface area contributed by atoms with Crippen molar-refractivity contribution < 1.29 is 14.3 Å². The van der Waals surface area contributed by atoms with E-state index in [1.165, 1.54) is 13.2 Å². The van der Waals surface area contributed by atoms with Gasteiger partial charge in [-0.15, -0.1) is 0 Å². The molecule has 0 aliphatic heterocycles. The van der Waals surface area contributed by atoms with Crippen molar-refractivity contribution in [3.05, 3.63) is 28.4 Å². The lowest BCUT2D eigenvalue weighted by atomic mass is 10.2. The fourth-order valence-corrected chi connectivity index (χ4v) is 1.43. The van der Waals surface area contributed by atoms with Crippen LogP contribution in [0.25, 0.3) is 6.08 Å². The topological polar surface area (TPSA) is 48.4 Å². The molecule has 1 aromatic heterocycles. The zero-order valence-corrected chi connectivity index (χ0v) is 10.7. The quantitative estimate of drug-likeness (QED) is 0.630. The average molecular weight is 286 g/mol. The number of ether oxygens (including phenoxy) is 2. The summed E-state index contributed by atoms with van der Waals surface area (Å²) in [6.07, 6.45) is 4.57. The molecule has 0 spiro atoms. The van der Waals surface area contributed by atoms with E-state index >= 15 is 0 Å². The second kappa shape index (κ2) is 6.27. The van der Waals surface area contributed by atoms with Crippen LogP contribution >= 0.6 is 15.9 Å². The summed E-state index contributed by atoms with van der Waals surface area (Å²) in [5.41, 5.74) is 0.713. The highest BCUT2D eigenvalue weighted by molar-refractivity contribution is 9.10. The second-order valence-corrected chi connectivity index (χ2v) is 3.75. The lowest BCUT2D eigenvalue weighted by Gasteiger charge is -2.03. The number of pyridine rings is 1. The van der Waals surface area contributed by atoms with Gasteiger partial charge in [0.05, 0.1) is 13.7 Å². The second-order valence-electron chi connectivity index (χ2n) is 2.84. The highest BCUT2D eigenvalue weighted by Crippen LogP contribution is 2.20. The molecule has 1 heterocycles. The number of esters is 1. The molecule has 1 rings (SSSR count). The molecule has 0 unspecified atom stereocenters. The summed E-state index contributed by atoms with van der Waals surface area (Å²) >= 11 is 3.30. The Morgan fingerprint density at radius 1 is 1.62 bits per heavy atom. The van der Waals surface area contributed by atoms with Gasteiger partial charge in [0, 0.05) is 22.3 Å². The van der Waals surface area contributed by atoms with Gasteiger partial charge >= 0.3 is 5.97 Å². The van der Waals surface area contributed by atoms with Crippen LogP contribution in [0.2, 0.25) is 0 Å². The third kappa shape index (κ3) is 3.66. The summed E-state index contributed by atoms with van der Waals surface area (Å²) in [5, 5.41) is 0. The number of hydrogen-bond donors (Lipinski definition) is 0. The van der Waals surface area contributed by atoms with E-state index in [1.54, 1.807) is 19.2 Å². The molecule has 86 valence electrons. The number of methoxy groups -OCH3 is 1. The number of carbonyl (C=O) groups excluding carboxylic acids is 1. The van der Waals surface area contributed by atoms with E-state index in [4.69, 9.17) is 9.47 Å². The van der Waals surface area contributed by atoms with Crippen LogP contribution in [-0.2, 0) is 9.53 Å². The number of halogens is 1. The number of nitrogens with zero attached hydrogens (tertiary/aromatic N) is 1. The Balaban J connectivity index is 2.86. The molecule has 4 nitrogen and oxygen atoms in total. The summed E-state index contributed by atoms with van der Waals surface area (Å²) in [4.78, 5) is 15.2. The van der Waals surface area contributed by atoms with Gasteiger partial charge in [0.25, 0.3) is 0 Å². The van der Waals surface area contributed by atoms with Gasteiger partial charge in [-0.05, 0) is 35.0 Å². The molecule has 16 heavy (non-hydrogen) atoms. The Morgan fingerprint density at radius 3 is 3.00 bits per heavy atom. The van der Waals surface area contributed by atoms with Crippen LogP contribution in [0.1, 0.15) is 12.5 Å². The van der Waals surface area contributed by atoms with Crippen LogP contribution in [0.5, 0.6) is 5.88 Å². The first-order chi connectivity index (χ1) is 7.67. The van der Waals surface area contributed by atoms with Crippen LogP contribution in [0.15, 0.2) is 22.8 Å². The Morgan fingerprint density at radius 2 is 2.38 bits per heavy atom. The van der Waals surface area contributed by atoms with Crippen LogP contribution < -0.4 is 4.74 Å². The maximum Gasteiger partial charge on any atom is 0.330 e. The van der Waals surface area contributed by atoms with E-state index in [0.717, 1.165) is 4.47 Å². The van der Waals surface area contributed by atoms with Gasteiger partial charge in [-0.2, -0.15) is 0 Å². The predicted octanol–water partition coefficient (Wildman–Crippen LogP) is 2.43. The van der Waals surface area contributed by atoms with Gasteiger partial charge in [0.2, 0.25) is 5.88 Å². The Bertz CT molecular complexity index is 404. The molecule has 0 aliphatic carbocycles. The predicted molar refractivity (Wildman–Crippen MR) is 64.2 cm³/mol. The Hall–Kier alpha value is -1.36. The molecule has 0 N–H and O–H groups in total. The minimum absolute atomic E-state index is 0.358. The van der Waals surface area contributed by atoms with Crippen molar-refractivity contribution in [1.29, 1.82) is 0 Å². The van der Waals surface area contributed by atoms with E-state index in [1.807, 2.05) is 6.07 Å². The number of hydrogen-bond acceptors (Lipinski definition) is 4. The molecule has 0 atom stereocenters. The third-order valence-electron chi connectivity index (χ3n) is 1.72. The van der Waals surface area contributed by atoms with Crippen molar-refractivity contribution in [1.82, 2.24) is 4.98 Å². The molecule has 0 radical (unpaired) electrons. The van der Waals surface area contributed by atoms with Crippen molar-refractivity contribution in [3.8, 4) is 5.88 Å². The fraction of sp³-hybridized carbons (Fsp3) is 0.273. The first-order valence-electron chi connectivity index (χ1n) is 4.71. The van der Waals surface area contributed by atoms with Crippen LogP contribution in [-0.4, -0.2) is 24.7 Å². The lowest BCUT2D eigenvalue weighted by Crippen LogP contribution is -1.99. The standard InChI is InChI=1S/C11H12BrNO3/c1-3-16-10(14)5-4-8-6-9(12)7-13-11(8)15-2/h4-7H,3H2,1-2H3/b5-4+. The lowest BCUT2D eigenvalue weighted by molar-refractivity contribution is -0.137. The summed E-state index contributed by atoms with van der Waals surface area (Å²) in [7, 11) is 1.53. The maximum absolute atomic E-state index is 11.1. The number of rotatable bonds is 4. The summed E-state index contributed by atoms with van der Waals surface area (Å²) < 4.78 is 10.6. The van der Waals surface area contributed by atoms with Crippen LogP contribution in [0, 0.1) is 0 Å². The van der Waals surface area contributed by atoms with Crippen LogP contribution in [0.4, 0.5) is 0 Å². The zero-order valence-electron chi connectivity index (χ0n) is 9.07. The molecule has 0 aromatic carbocycles. The van der Waals surface area contributed by atoms with Gasteiger partial charge in [-0.1, -0.05) is 0 Å². The normalized spacial score (nSPS) is 10.4. The Labute approximate surface area is 102 Å². The van der Waals surface area contributed by atoms with Gasteiger partial charge in [0.1, 0.15) is 0 Å². The number of carbonyl (C=O) groups is 1. The van der Waals surface area contributed by atoms with Crippen molar-refractivity contribution >= 4 is 28.0 Å². The fourth-order valence-electron chi connectivity index (χ4n) is 1.08. The van der Waals surface area contributed by atoms with E-state index in [-0.39, 0.29) is 5.97 Å². The third-order valence-corrected chi connectivity index (χ3v) is 2.16. The molecular weight excluding hydrogens is 274 g/mol. The molecule has 0 saturated heterocycles. The Kier molecular flexibility index (Phi) is 4.98. The van der Waals surface area contributed by atoms with E-state index in [0.29, 0.717) is 18.1 Å². The van der Waals surface area contributed by atoms with Crippen molar-refractivity contribution in [2.24, 2.45) is 0 Å². The average Bonchev–Trinajstić information content (AvgIpc) is 2.27. The van der Waals surface area contributed by atoms with E-state index < -0.39 is 0 Å². The van der Waals surface area contributed by atoms with Crippen molar-refractivity contribution in [2.75, 3.05) is 13.7 Å². The maximum atomic E-state index is 11.1. The minimum atomic E-state index is -0.385. The molecule has 0 bridgehead atoms. The molecule has 0 saturated carbocycles. The molecule has 5 heteroatoms. The highest BCUT2D eigenvalue weighted by atomic mass is 79.9. The first-order valence-corrected chi connectivity index (χ1v) is 5.51. The van der Waals surface area contributed by atoms with Gasteiger partial charge in [0.15, 0.2) is 0 Å². The highest BCUT2D eigenvalue weighted by Gasteiger charge is 2.03. The van der Waals surface area contributed by atoms with Crippen molar-refractivity contribution in [2.45, 2.75) is 6.92 Å². The summed E-state index contributed by atoms with van der Waals surface area (Å²) in [6.45, 7) is 2.12. The first kappa shape index (κ1) is 12.7. The summed E-state index contributed by atoms with van der Waals surface area (Å²) in [6, 6.07) is 1.81.